The van der Waals surface area contributed by atoms with E-state index in [2.05, 4.69) is 124 Å². The quantitative estimate of drug-likeness (QED) is 0.0995. The summed E-state index contributed by atoms with van der Waals surface area (Å²) in [5.74, 6) is 1.52. The standard InChI is InChI=1S/C25H27N7O2.C21H26BN3O3.C18H20N6O.C10H15ClN4/c1-17-21-12-19(13-27-24(21)32(29-17)16-18-4-6-20(34-3)7-5-18)22-14-26-15-23(28-22)25(33)31-10-8-30(2)9-11-31;1-14-18-11-16(22-27-20(2,3)21(4,5)28-22)12-23-19(18)25(24-14)13-15-7-9-17(26-6)10-8-15;1-12-14-7-13(8-21-16(14)11-20-12)15-9-19-10-17(22-15)18(25)24-5-3-23(2)4-6-24;1-14-2-4-15(5-3-14)8-9-6-12-7-10(11)13-9/h4-7,12-15H,8-11,16H2,1-3H3;7-12H,13H2,1-6H3;7-10H,3-6,11H2,1-2H3;6-7H,2-5,8H2,1H3. The van der Waals surface area contributed by atoms with Crippen LogP contribution in [0.4, 0.5) is 0 Å². The van der Waals surface area contributed by atoms with Gasteiger partial charge in [0.25, 0.3) is 11.8 Å². The number of carbonyl (C=O) groups excluding carboxylic acids is 2. The van der Waals surface area contributed by atoms with Crippen LogP contribution in [-0.2, 0) is 35.5 Å². The topological polar surface area (TPSA) is 255 Å². The van der Waals surface area contributed by atoms with Crippen LogP contribution in [0.1, 0.15) is 95.1 Å². The summed E-state index contributed by atoms with van der Waals surface area (Å²) in [5.41, 5.74) is 13.6. The summed E-state index contributed by atoms with van der Waals surface area (Å²) in [5, 5.41) is 11.8. The molecule has 10 aromatic rings. The minimum Gasteiger partial charge on any atom is -0.497 e. The van der Waals surface area contributed by atoms with Gasteiger partial charge in [-0.05, 0) is 123 Å². The highest BCUT2D eigenvalue weighted by Gasteiger charge is 2.52. The van der Waals surface area contributed by atoms with Crippen LogP contribution < -0.4 is 14.9 Å². The van der Waals surface area contributed by atoms with Gasteiger partial charge in [-0.1, -0.05) is 35.9 Å². The van der Waals surface area contributed by atoms with E-state index >= 15 is 0 Å². The largest absolute Gasteiger partial charge is 0.497 e. The van der Waals surface area contributed by atoms with Crippen molar-refractivity contribution in [2.24, 2.45) is 4.99 Å². The van der Waals surface area contributed by atoms with Gasteiger partial charge in [-0.15, -0.1) is 0 Å². The monoisotopic (exact) mass is 1400 g/mol. The minimum atomic E-state index is -0.425. The van der Waals surface area contributed by atoms with Crippen LogP contribution in [0.25, 0.3) is 44.6 Å². The van der Waals surface area contributed by atoms with E-state index in [1.54, 1.807) is 51.4 Å². The van der Waals surface area contributed by atoms with Crippen LogP contribution in [0.5, 0.6) is 11.5 Å². The lowest BCUT2D eigenvalue weighted by atomic mass is 9.80. The summed E-state index contributed by atoms with van der Waals surface area (Å²) >= 11 is 5.79. The molecule has 0 radical (unpaired) electrons. The number of aromatic nitrogens is 13. The number of pyridine rings is 3. The van der Waals surface area contributed by atoms with E-state index in [0.717, 1.165) is 167 Å². The first-order chi connectivity index (χ1) is 49.1. The van der Waals surface area contributed by atoms with E-state index in [0.29, 0.717) is 60.7 Å². The molecule has 0 atom stereocenters. The summed E-state index contributed by atoms with van der Waals surface area (Å²) < 4.78 is 26.6. The van der Waals surface area contributed by atoms with Crippen molar-refractivity contribution in [3.63, 3.8) is 0 Å². The third-order valence-corrected chi connectivity index (χ3v) is 19.6. The molecule has 4 saturated heterocycles. The smallest absolute Gasteiger partial charge is 0.496 e. The Morgan fingerprint density at radius 3 is 1.49 bits per heavy atom. The number of carbonyl (C=O) groups is 2. The lowest BCUT2D eigenvalue weighted by molar-refractivity contribution is 0.00578. The van der Waals surface area contributed by atoms with E-state index in [4.69, 9.17) is 40.6 Å². The van der Waals surface area contributed by atoms with Gasteiger partial charge in [0.1, 0.15) is 28.0 Å². The van der Waals surface area contributed by atoms with Gasteiger partial charge in [-0.25, -0.2) is 34.3 Å². The van der Waals surface area contributed by atoms with Crippen LogP contribution in [0.15, 0.2) is 127 Å². The number of methoxy groups -OCH3 is 2. The molecule has 13 heterocycles. The predicted octanol–water partition coefficient (Wildman–Crippen LogP) is 7.86. The van der Waals surface area contributed by atoms with Gasteiger partial charge in [0.05, 0.1) is 110 Å². The van der Waals surface area contributed by atoms with Crippen molar-refractivity contribution in [1.82, 2.24) is 93.8 Å². The molecule has 26 nitrogen and oxygen atoms in total. The normalized spacial score (nSPS) is 16.9. The Kier molecular flexibility index (Phi) is 22.5. The number of aliphatic imine (C=N–C) groups is 1. The van der Waals surface area contributed by atoms with Crippen LogP contribution in [0.3, 0.4) is 0 Å². The molecule has 0 N–H and O–H groups in total. The van der Waals surface area contributed by atoms with Crippen LogP contribution in [-0.4, -0.2) is 244 Å². The maximum Gasteiger partial charge on any atom is 0.496 e. The van der Waals surface area contributed by atoms with Crippen molar-refractivity contribution in [3.8, 4) is 34.0 Å². The predicted molar refractivity (Wildman–Crippen MR) is 393 cm³/mol. The molecule has 15 rings (SSSR count). The van der Waals surface area contributed by atoms with Gasteiger partial charge in [-0.3, -0.25) is 39.4 Å². The lowest BCUT2D eigenvalue weighted by Crippen LogP contribution is -2.47. The number of aryl methyl sites for hydroxylation is 2. The van der Waals surface area contributed by atoms with Crippen molar-refractivity contribution in [2.75, 3.05) is 114 Å². The van der Waals surface area contributed by atoms with Gasteiger partial charge in [0.2, 0.25) is 0 Å². The number of likely N-dealkylation sites (N-methyl/N-ethyl adjacent to an activating group) is 3. The molecule has 102 heavy (non-hydrogen) atoms. The minimum absolute atomic E-state index is 0.0608. The van der Waals surface area contributed by atoms with Crippen molar-refractivity contribution in [2.45, 2.75) is 85.8 Å². The Bertz CT molecular complexity index is 4610. The molecule has 530 valence electrons. The summed E-state index contributed by atoms with van der Waals surface area (Å²) in [7, 11) is 9.17. The zero-order chi connectivity index (χ0) is 71.8. The number of rotatable bonds is 13. The average Bonchev–Trinajstić information content (AvgIpc) is 1.62. The number of amides is 2. The van der Waals surface area contributed by atoms with Gasteiger partial charge < -0.3 is 43.3 Å². The number of hydrogen-bond donors (Lipinski definition) is 0. The fraction of sp³-hybridized carbons (Fsp3) is 0.405. The highest BCUT2D eigenvalue weighted by Crippen LogP contribution is 2.37. The first-order valence-corrected chi connectivity index (χ1v) is 34.7. The Balaban J connectivity index is 0.000000133. The van der Waals surface area contributed by atoms with Crippen molar-refractivity contribution in [3.05, 3.63) is 179 Å². The molecule has 8 aromatic heterocycles. The maximum absolute atomic E-state index is 12.9. The number of benzene rings is 2. The molecule has 0 bridgehead atoms. The maximum atomic E-state index is 12.9. The van der Waals surface area contributed by atoms with Crippen molar-refractivity contribution < 1.29 is 28.4 Å². The van der Waals surface area contributed by atoms with E-state index in [9.17, 15) is 9.59 Å². The SMILES string of the molecule is CC1=NCc2ncc(-c3cncc(C(=O)N4CCN(C)CC4)n3)cc21.CN1CCN(Cc2cncc(Cl)n2)CC1.COc1ccc(Cn2nc(C)c3cc(-c4cncc(C(=O)N5CCN(C)CC5)n4)cnc32)cc1.COc1ccc(Cn2nc(C)c3cc(B4OC(C)(C)C(C)(C)O4)cnc32)cc1. The molecule has 0 saturated carbocycles. The number of hydrogen-bond acceptors (Lipinski definition) is 22. The molecule has 5 aliphatic rings. The highest BCUT2D eigenvalue weighted by atomic mass is 35.5. The molecule has 0 aliphatic carbocycles. The van der Waals surface area contributed by atoms with Gasteiger partial charge in [-0.2, -0.15) is 10.2 Å². The number of piperazine rings is 3. The summed E-state index contributed by atoms with van der Waals surface area (Å²) in [6.45, 7) is 27.6. The Morgan fingerprint density at radius 2 is 0.990 bits per heavy atom. The number of fused-ring (bicyclic) bond motifs is 3. The molecule has 0 unspecified atom stereocenters. The second-order valence-corrected chi connectivity index (χ2v) is 27.7. The fourth-order valence-electron chi connectivity index (χ4n) is 12.3. The summed E-state index contributed by atoms with van der Waals surface area (Å²) in [6.07, 6.45) is 15.1. The molecule has 28 heteroatoms. The third kappa shape index (κ3) is 17.1. The van der Waals surface area contributed by atoms with Crippen LogP contribution in [0.2, 0.25) is 5.15 Å². The van der Waals surface area contributed by atoms with E-state index < -0.39 is 7.12 Å². The zero-order valence-electron chi connectivity index (χ0n) is 60.2. The Labute approximate surface area is 600 Å². The Morgan fingerprint density at radius 1 is 0.529 bits per heavy atom. The van der Waals surface area contributed by atoms with E-state index in [-0.39, 0.29) is 23.0 Å². The van der Waals surface area contributed by atoms with Crippen molar-refractivity contribution >= 4 is 63.8 Å². The fourth-order valence-corrected chi connectivity index (χ4v) is 12.5. The molecule has 2 aromatic carbocycles. The lowest BCUT2D eigenvalue weighted by Gasteiger charge is -2.32. The zero-order valence-corrected chi connectivity index (χ0v) is 61.0. The summed E-state index contributed by atoms with van der Waals surface area (Å²) in [6, 6.07) is 22.0. The van der Waals surface area contributed by atoms with Gasteiger partial charge >= 0.3 is 7.12 Å². The summed E-state index contributed by atoms with van der Waals surface area (Å²) in [4.78, 5) is 82.6. The number of ether oxygens (including phenoxy) is 2. The van der Waals surface area contributed by atoms with Crippen LogP contribution >= 0.6 is 11.6 Å². The number of nitrogens with zero attached hydrogens (tertiary/aromatic N) is 20. The van der Waals surface area contributed by atoms with Crippen molar-refractivity contribution in [1.29, 1.82) is 0 Å². The van der Waals surface area contributed by atoms with E-state index in [1.165, 1.54) is 12.4 Å². The average molecular weight is 1400 g/mol. The molecule has 0 spiro atoms. The molecule has 5 aliphatic heterocycles. The number of halogens is 1. The second-order valence-electron chi connectivity index (χ2n) is 27.3. The third-order valence-electron chi connectivity index (χ3n) is 19.4. The van der Waals surface area contributed by atoms with E-state index in [1.807, 2.05) is 107 Å². The molecule has 4 fully saturated rings. The highest BCUT2D eigenvalue weighted by molar-refractivity contribution is 6.62. The first kappa shape index (κ1) is 72.2. The Hall–Kier alpha value is -9.61. The molecular weight excluding hydrogens is 1310 g/mol. The van der Waals surface area contributed by atoms with Crippen LogP contribution in [0, 0.1) is 13.8 Å². The molecular formula is C74H88BClN20O6. The first-order valence-electron chi connectivity index (χ1n) is 34.3. The van der Waals surface area contributed by atoms with Gasteiger partial charge in [0, 0.05) is 149 Å². The second kappa shape index (κ2) is 31.7. The molecule has 2 amide bonds. The van der Waals surface area contributed by atoms with Gasteiger partial charge in [0.15, 0.2) is 11.3 Å².